The van der Waals surface area contributed by atoms with Crippen LogP contribution in [0.25, 0.3) is 0 Å². The lowest BCUT2D eigenvalue weighted by molar-refractivity contribution is -0.142. The molecule has 0 aromatic heterocycles. The third-order valence-electron chi connectivity index (χ3n) is 9.26. The molecule has 0 radical (unpaired) electrons. The van der Waals surface area contributed by atoms with E-state index in [2.05, 4.69) is 13.8 Å². The Morgan fingerprint density at radius 2 is 1.72 bits per heavy atom. The van der Waals surface area contributed by atoms with E-state index >= 15 is 0 Å². The highest BCUT2D eigenvalue weighted by molar-refractivity contribution is 5.85. The minimum atomic E-state index is -0.327. The predicted octanol–water partition coefficient (Wildman–Crippen LogP) is 3.95. The Hall–Kier alpha value is -0.120. The van der Waals surface area contributed by atoms with Crippen molar-refractivity contribution in [2.75, 3.05) is 0 Å². The maximum Gasteiger partial charge on any atom is 0.133 e. The maximum absolute atomic E-state index is 12.2. The average Bonchev–Trinajstić information content (AvgIpc) is 2.86. The first-order valence-electron chi connectivity index (χ1n) is 10.2. The monoisotopic (exact) mass is 369 g/mol. The number of carbonyl (C=O) groups excluding carboxylic acids is 1. The van der Waals surface area contributed by atoms with Gasteiger partial charge in [-0.3, -0.25) is 4.79 Å². The zero-order valence-corrected chi connectivity index (χ0v) is 16.9. The van der Waals surface area contributed by atoms with E-state index in [4.69, 9.17) is 5.73 Å². The Bertz CT molecular complexity index is 540. The number of rotatable bonds is 1. The molecule has 0 spiro atoms. The van der Waals surface area contributed by atoms with Gasteiger partial charge in [-0.2, -0.15) is 0 Å². The van der Waals surface area contributed by atoms with Crippen LogP contribution < -0.4 is 5.73 Å². The summed E-state index contributed by atoms with van der Waals surface area (Å²) < 4.78 is 0. The Balaban J connectivity index is 0.00000182. The number of aliphatic hydroxyl groups excluding tert-OH is 1. The van der Waals surface area contributed by atoms with E-state index in [1.807, 2.05) is 6.92 Å². The van der Waals surface area contributed by atoms with E-state index < -0.39 is 0 Å². The van der Waals surface area contributed by atoms with Gasteiger partial charge in [0.1, 0.15) is 5.78 Å². The molecule has 0 amide bonds. The fraction of sp³-hybridized carbons (Fsp3) is 0.952. The van der Waals surface area contributed by atoms with Crippen LogP contribution in [0.1, 0.15) is 72.1 Å². The van der Waals surface area contributed by atoms with Gasteiger partial charge in [0.25, 0.3) is 0 Å². The minimum absolute atomic E-state index is 0. The molecule has 0 aliphatic heterocycles. The summed E-state index contributed by atoms with van der Waals surface area (Å²) in [5, 5.41) is 10.5. The molecule has 4 saturated carbocycles. The molecule has 3 unspecified atom stereocenters. The summed E-state index contributed by atoms with van der Waals surface area (Å²) in [7, 11) is 0. The second-order valence-corrected chi connectivity index (χ2v) is 10.1. The topological polar surface area (TPSA) is 63.3 Å². The van der Waals surface area contributed by atoms with Crippen molar-refractivity contribution in [3.05, 3.63) is 0 Å². The first kappa shape index (κ1) is 19.6. The van der Waals surface area contributed by atoms with Crippen molar-refractivity contribution in [1.82, 2.24) is 0 Å². The molecule has 4 fully saturated rings. The van der Waals surface area contributed by atoms with Crippen molar-refractivity contribution in [2.45, 2.75) is 84.3 Å². The molecule has 4 aliphatic carbocycles. The highest BCUT2D eigenvalue weighted by Crippen LogP contribution is 2.67. The lowest BCUT2D eigenvalue weighted by atomic mass is 9.44. The third-order valence-corrected chi connectivity index (χ3v) is 9.26. The molecule has 0 saturated heterocycles. The normalized spacial score (nSPS) is 54.7. The van der Waals surface area contributed by atoms with Crippen molar-refractivity contribution in [3.63, 3.8) is 0 Å². The lowest BCUT2D eigenvalue weighted by Gasteiger charge is -2.61. The third kappa shape index (κ3) is 2.72. The van der Waals surface area contributed by atoms with E-state index in [9.17, 15) is 9.90 Å². The molecule has 144 valence electrons. The van der Waals surface area contributed by atoms with Gasteiger partial charge in [-0.05, 0) is 92.8 Å². The van der Waals surface area contributed by atoms with E-state index in [0.29, 0.717) is 17.6 Å². The smallest absolute Gasteiger partial charge is 0.133 e. The standard InChI is InChI=1S/C21H35NO2.ClH/c1-12(23)15-6-7-16-14-5-4-13-10-18(22)19(24)11-21(13,3)17(14)8-9-20(15,16)2;/h13-19,24H,4-11,22H2,1-3H3;1H/t13?,14-,15+,16-,17-,18?,19?,20+,21-;/m0./s1. The molecule has 4 rings (SSSR count). The molecule has 3 nitrogen and oxygen atoms in total. The van der Waals surface area contributed by atoms with Gasteiger partial charge in [-0.25, -0.2) is 0 Å². The molecule has 4 aliphatic rings. The van der Waals surface area contributed by atoms with E-state index in [1.54, 1.807) is 0 Å². The second-order valence-electron chi connectivity index (χ2n) is 10.1. The molecule has 25 heavy (non-hydrogen) atoms. The summed E-state index contributed by atoms with van der Waals surface area (Å²) in [6.07, 6.45) is 8.95. The van der Waals surface area contributed by atoms with Gasteiger partial charge in [-0.15, -0.1) is 12.4 Å². The predicted molar refractivity (Wildman–Crippen MR) is 103 cm³/mol. The zero-order valence-electron chi connectivity index (χ0n) is 16.0. The van der Waals surface area contributed by atoms with Crippen molar-refractivity contribution in [2.24, 2.45) is 46.2 Å². The summed E-state index contributed by atoms with van der Waals surface area (Å²) in [5.41, 5.74) is 6.68. The Labute approximate surface area is 158 Å². The van der Waals surface area contributed by atoms with Gasteiger partial charge < -0.3 is 10.8 Å². The molecule has 0 aromatic rings. The number of aliphatic hydroxyl groups is 1. The Morgan fingerprint density at radius 3 is 2.40 bits per heavy atom. The minimum Gasteiger partial charge on any atom is -0.391 e. The van der Waals surface area contributed by atoms with E-state index in [-0.39, 0.29) is 35.4 Å². The quantitative estimate of drug-likeness (QED) is 0.735. The first-order valence-corrected chi connectivity index (χ1v) is 10.2. The molecular weight excluding hydrogens is 334 g/mol. The number of nitrogens with two attached hydrogens (primary N) is 1. The molecule has 0 aromatic carbocycles. The maximum atomic E-state index is 12.2. The van der Waals surface area contributed by atoms with Crippen LogP contribution in [-0.2, 0) is 4.79 Å². The number of ketones is 1. The number of carbonyl (C=O) groups is 1. The number of Topliss-reactive ketones (excluding diaryl/α,β-unsaturated/α-hetero) is 1. The van der Waals surface area contributed by atoms with Gasteiger partial charge in [-0.1, -0.05) is 13.8 Å². The summed E-state index contributed by atoms with van der Waals surface area (Å²) in [4.78, 5) is 12.2. The van der Waals surface area contributed by atoms with Crippen LogP contribution in [0.3, 0.4) is 0 Å². The summed E-state index contributed by atoms with van der Waals surface area (Å²) in [5.74, 6) is 3.59. The van der Waals surface area contributed by atoms with Crippen LogP contribution in [0.5, 0.6) is 0 Å². The average molecular weight is 370 g/mol. The highest BCUT2D eigenvalue weighted by atomic mass is 35.5. The fourth-order valence-electron chi connectivity index (χ4n) is 8.00. The van der Waals surface area contributed by atoms with Crippen LogP contribution >= 0.6 is 12.4 Å². The molecular formula is C21H36ClNO2. The second kappa shape index (κ2) is 6.49. The van der Waals surface area contributed by atoms with Crippen LogP contribution in [0, 0.1) is 40.4 Å². The molecule has 0 bridgehead atoms. The number of hydrogen-bond donors (Lipinski definition) is 2. The van der Waals surface area contributed by atoms with Crippen molar-refractivity contribution >= 4 is 18.2 Å². The summed E-state index contributed by atoms with van der Waals surface area (Å²) >= 11 is 0. The molecule has 4 heteroatoms. The van der Waals surface area contributed by atoms with Crippen molar-refractivity contribution < 1.29 is 9.90 Å². The molecule has 0 heterocycles. The molecule has 3 N–H and O–H groups in total. The Morgan fingerprint density at radius 1 is 1.04 bits per heavy atom. The van der Waals surface area contributed by atoms with Gasteiger partial charge in [0.05, 0.1) is 6.10 Å². The number of fused-ring (bicyclic) bond motifs is 5. The van der Waals surface area contributed by atoms with E-state index in [1.165, 1.54) is 32.1 Å². The Kier molecular flexibility index (Phi) is 5.10. The van der Waals surface area contributed by atoms with Crippen LogP contribution in [-0.4, -0.2) is 23.0 Å². The summed E-state index contributed by atoms with van der Waals surface area (Å²) in [6, 6.07) is -0.0259. The molecule has 9 atom stereocenters. The zero-order chi connectivity index (χ0) is 17.3. The van der Waals surface area contributed by atoms with Crippen molar-refractivity contribution in [3.8, 4) is 0 Å². The highest BCUT2D eigenvalue weighted by Gasteiger charge is 2.61. The number of halogens is 1. The van der Waals surface area contributed by atoms with Crippen LogP contribution in [0.4, 0.5) is 0 Å². The van der Waals surface area contributed by atoms with Crippen LogP contribution in [0.15, 0.2) is 0 Å². The summed E-state index contributed by atoms with van der Waals surface area (Å²) in [6.45, 7) is 6.66. The van der Waals surface area contributed by atoms with Gasteiger partial charge in [0.15, 0.2) is 0 Å². The van der Waals surface area contributed by atoms with Crippen molar-refractivity contribution in [1.29, 1.82) is 0 Å². The SMILES string of the molecule is CC(=O)[C@H]1CC[C@H]2[C@@H]3CCC4CC(N)C(O)C[C@]4(C)[C@H]3CC[C@]12C.Cl. The van der Waals surface area contributed by atoms with Gasteiger partial charge in [0, 0.05) is 12.0 Å². The van der Waals surface area contributed by atoms with E-state index in [0.717, 1.165) is 37.0 Å². The first-order chi connectivity index (χ1) is 11.3. The van der Waals surface area contributed by atoms with Crippen LogP contribution in [0.2, 0.25) is 0 Å². The largest absolute Gasteiger partial charge is 0.391 e. The lowest BCUT2D eigenvalue weighted by Crippen LogP contribution is -2.58. The van der Waals surface area contributed by atoms with Gasteiger partial charge >= 0.3 is 0 Å². The number of hydrogen-bond acceptors (Lipinski definition) is 3. The fourth-order valence-corrected chi connectivity index (χ4v) is 8.00. The van der Waals surface area contributed by atoms with Gasteiger partial charge in [0.2, 0.25) is 0 Å².